The third kappa shape index (κ3) is 5.56. The lowest BCUT2D eigenvalue weighted by Crippen LogP contribution is -2.20. The molecule has 8 heteroatoms. The van der Waals surface area contributed by atoms with E-state index in [1.807, 2.05) is 0 Å². The lowest BCUT2D eigenvalue weighted by atomic mass is 9.99. The van der Waals surface area contributed by atoms with Gasteiger partial charge in [0, 0.05) is 41.3 Å². The molecule has 7 nitrogen and oxygen atoms in total. The number of benzene rings is 2. The van der Waals surface area contributed by atoms with Crippen LogP contribution in [0.2, 0.25) is 5.02 Å². The number of nitrogens with one attached hydrogen (secondary N) is 2. The molecule has 4 N–H and O–H groups in total. The molecule has 168 valence electrons. The van der Waals surface area contributed by atoms with Crippen molar-refractivity contribution in [2.75, 3.05) is 24.7 Å². The molecule has 0 unspecified atom stereocenters. The molecule has 1 heterocycles. The van der Waals surface area contributed by atoms with E-state index in [9.17, 15) is 4.79 Å². The number of hydrogen-bond donors (Lipinski definition) is 3. The number of nitrogens with zero attached hydrogens (tertiary/aromatic N) is 2. The van der Waals surface area contributed by atoms with Crippen molar-refractivity contribution in [2.24, 2.45) is 15.9 Å². The highest BCUT2D eigenvalue weighted by atomic mass is 35.5. The van der Waals surface area contributed by atoms with Crippen LogP contribution < -0.4 is 11.1 Å². The Kier molecular flexibility index (Phi) is 6.70. The number of carbonyl (C=O) groups excluding carboxylic acids is 1. The first-order chi connectivity index (χ1) is 15.9. The van der Waals surface area contributed by atoms with Crippen LogP contribution in [0, 0.1) is 11.3 Å². The molecule has 0 radical (unpaired) electrons. The van der Waals surface area contributed by atoms with Gasteiger partial charge >= 0.3 is 0 Å². The fraction of sp³-hybridized carbons (Fsp3) is 0.200. The van der Waals surface area contributed by atoms with Crippen LogP contribution in [0.25, 0.3) is 5.57 Å². The van der Waals surface area contributed by atoms with Crippen LogP contribution >= 0.6 is 11.6 Å². The van der Waals surface area contributed by atoms with E-state index in [1.54, 1.807) is 67.9 Å². The number of halogens is 1. The Labute approximate surface area is 197 Å². The van der Waals surface area contributed by atoms with Crippen molar-refractivity contribution < 1.29 is 9.53 Å². The van der Waals surface area contributed by atoms with Crippen LogP contribution in [0.3, 0.4) is 0 Å². The number of rotatable bonds is 6. The molecule has 1 aliphatic heterocycles. The largest absolute Gasteiger partial charge is 0.477 e. The third-order valence-corrected chi connectivity index (χ3v) is 5.50. The molecule has 0 aromatic heterocycles. The minimum absolute atomic E-state index is 0.116. The van der Waals surface area contributed by atoms with Gasteiger partial charge in [0.2, 0.25) is 5.90 Å². The molecular weight excluding hydrogens is 438 g/mol. The standard InChI is InChI=1S/C25H24ClN5O2/c1-29-13-17-12-19(8-9-20(17)27)30-25(32)23(16-4-6-18(26)7-5-16)24-21(28)10-11-22(31-24)33-14-15-2-3-15/h4-13,15,28H,2-3,14,27H2,1H3,(H,30,32)/b24-23+,28-21?,29-13?. The zero-order valence-electron chi connectivity index (χ0n) is 18.1. The van der Waals surface area contributed by atoms with Gasteiger partial charge in [0.05, 0.1) is 17.9 Å². The summed E-state index contributed by atoms with van der Waals surface area (Å²) in [6, 6.07) is 12.0. The van der Waals surface area contributed by atoms with Gasteiger partial charge in [-0.2, -0.15) is 0 Å². The molecule has 1 fully saturated rings. The SMILES string of the molecule is CN=Cc1cc(NC(=O)/C(=C2/N=C(OCC3CC3)C=CC2=N)c2ccc(Cl)cc2)ccc1N. The summed E-state index contributed by atoms with van der Waals surface area (Å²) < 4.78 is 5.80. The highest BCUT2D eigenvalue weighted by molar-refractivity contribution is 6.33. The molecule has 0 spiro atoms. The predicted molar refractivity (Wildman–Crippen MR) is 134 cm³/mol. The summed E-state index contributed by atoms with van der Waals surface area (Å²) in [5, 5.41) is 11.9. The Morgan fingerprint density at radius 3 is 2.73 bits per heavy atom. The maximum Gasteiger partial charge on any atom is 0.258 e. The molecular formula is C25H24ClN5O2. The molecule has 2 aromatic rings. The highest BCUT2D eigenvalue weighted by Crippen LogP contribution is 2.30. The van der Waals surface area contributed by atoms with Crippen LogP contribution in [0.1, 0.15) is 24.0 Å². The molecule has 0 bridgehead atoms. The molecule has 0 saturated heterocycles. The smallest absolute Gasteiger partial charge is 0.258 e. The first kappa shape index (κ1) is 22.5. The average molecular weight is 462 g/mol. The van der Waals surface area contributed by atoms with E-state index in [0.29, 0.717) is 45.9 Å². The van der Waals surface area contributed by atoms with E-state index >= 15 is 0 Å². The first-order valence-corrected chi connectivity index (χ1v) is 10.9. The predicted octanol–water partition coefficient (Wildman–Crippen LogP) is 4.74. The van der Waals surface area contributed by atoms with Gasteiger partial charge in [-0.1, -0.05) is 23.7 Å². The van der Waals surface area contributed by atoms with Gasteiger partial charge in [-0.15, -0.1) is 0 Å². The zero-order chi connectivity index (χ0) is 23.4. The number of dihydropyridines is 1. The summed E-state index contributed by atoms with van der Waals surface area (Å²) in [4.78, 5) is 22.0. The average Bonchev–Trinajstić information content (AvgIpc) is 3.63. The van der Waals surface area contributed by atoms with Crippen molar-refractivity contribution in [3.63, 3.8) is 0 Å². The van der Waals surface area contributed by atoms with E-state index in [0.717, 1.165) is 12.8 Å². The Morgan fingerprint density at radius 2 is 2.03 bits per heavy atom. The van der Waals surface area contributed by atoms with Crippen LogP contribution in [-0.2, 0) is 9.53 Å². The molecule has 1 aliphatic carbocycles. The van der Waals surface area contributed by atoms with Gasteiger partial charge < -0.3 is 15.8 Å². The number of anilines is 2. The summed E-state index contributed by atoms with van der Waals surface area (Å²) in [7, 11) is 1.65. The lowest BCUT2D eigenvalue weighted by molar-refractivity contribution is -0.111. The van der Waals surface area contributed by atoms with Crippen molar-refractivity contribution in [2.45, 2.75) is 12.8 Å². The number of ether oxygens (including phenoxy) is 1. The fourth-order valence-corrected chi connectivity index (χ4v) is 3.41. The van der Waals surface area contributed by atoms with Gasteiger partial charge in [-0.05, 0) is 60.7 Å². The van der Waals surface area contributed by atoms with Gasteiger partial charge in [0.1, 0.15) is 5.70 Å². The quantitative estimate of drug-likeness (QED) is 0.328. The van der Waals surface area contributed by atoms with E-state index in [4.69, 9.17) is 27.5 Å². The molecule has 1 amide bonds. The Hall–Kier alpha value is -3.71. The van der Waals surface area contributed by atoms with Crippen LogP contribution in [-0.4, -0.2) is 37.4 Å². The number of nitrogens with two attached hydrogens (primary N) is 1. The molecule has 2 aliphatic rings. The molecule has 4 rings (SSSR count). The zero-order valence-corrected chi connectivity index (χ0v) is 18.9. The molecule has 33 heavy (non-hydrogen) atoms. The third-order valence-electron chi connectivity index (χ3n) is 5.24. The minimum atomic E-state index is -0.415. The summed E-state index contributed by atoms with van der Waals surface area (Å²) in [6.45, 7) is 0.583. The van der Waals surface area contributed by atoms with E-state index in [1.165, 1.54) is 0 Å². The van der Waals surface area contributed by atoms with Crippen LogP contribution in [0.15, 0.2) is 70.3 Å². The minimum Gasteiger partial charge on any atom is -0.477 e. The van der Waals surface area contributed by atoms with E-state index < -0.39 is 5.91 Å². The topological polar surface area (TPSA) is 113 Å². The maximum atomic E-state index is 13.5. The molecule has 0 atom stereocenters. The number of hydrogen-bond acceptors (Lipinski definition) is 6. The van der Waals surface area contributed by atoms with Crippen molar-refractivity contribution in [3.8, 4) is 0 Å². The second-order valence-electron chi connectivity index (χ2n) is 7.87. The summed E-state index contributed by atoms with van der Waals surface area (Å²) in [6.07, 6.45) is 7.17. The maximum absolute atomic E-state index is 13.5. The second-order valence-corrected chi connectivity index (χ2v) is 8.30. The van der Waals surface area contributed by atoms with E-state index in [2.05, 4.69) is 15.3 Å². The molecule has 1 saturated carbocycles. The Bertz CT molecular complexity index is 1210. The van der Waals surface area contributed by atoms with Crippen molar-refractivity contribution in [1.29, 1.82) is 5.41 Å². The Balaban J connectivity index is 1.72. The Morgan fingerprint density at radius 1 is 1.27 bits per heavy atom. The summed E-state index contributed by atoms with van der Waals surface area (Å²) in [5.74, 6) is 0.531. The normalized spacial score (nSPS) is 17.2. The van der Waals surface area contributed by atoms with Gasteiger partial charge in [-0.3, -0.25) is 15.2 Å². The first-order valence-electron chi connectivity index (χ1n) is 10.6. The number of carbonyl (C=O) groups is 1. The van der Waals surface area contributed by atoms with Gasteiger partial charge in [-0.25, -0.2) is 4.99 Å². The number of allylic oxidation sites excluding steroid dienone is 1. The monoisotopic (exact) mass is 461 g/mol. The summed E-state index contributed by atoms with van der Waals surface area (Å²) >= 11 is 6.06. The van der Waals surface area contributed by atoms with Crippen molar-refractivity contribution in [3.05, 3.63) is 76.5 Å². The number of aliphatic imine (C=N–C) groups is 2. The molecule has 2 aromatic carbocycles. The van der Waals surface area contributed by atoms with Crippen molar-refractivity contribution >= 4 is 52.3 Å². The lowest BCUT2D eigenvalue weighted by Gasteiger charge is -2.17. The highest BCUT2D eigenvalue weighted by Gasteiger charge is 2.25. The van der Waals surface area contributed by atoms with Gasteiger partial charge in [0.25, 0.3) is 5.91 Å². The van der Waals surface area contributed by atoms with E-state index in [-0.39, 0.29) is 17.0 Å². The number of amides is 1. The van der Waals surface area contributed by atoms with Crippen molar-refractivity contribution in [1.82, 2.24) is 0 Å². The van der Waals surface area contributed by atoms with Gasteiger partial charge in [0.15, 0.2) is 0 Å². The number of nitrogen functional groups attached to an aromatic ring is 1. The summed E-state index contributed by atoms with van der Waals surface area (Å²) in [5.41, 5.74) is 8.95. The van der Waals surface area contributed by atoms with Crippen LogP contribution in [0.4, 0.5) is 11.4 Å². The fourth-order valence-electron chi connectivity index (χ4n) is 3.29. The van der Waals surface area contributed by atoms with Crippen LogP contribution in [0.5, 0.6) is 0 Å². The second kappa shape index (κ2) is 9.83.